The summed E-state index contributed by atoms with van der Waals surface area (Å²) in [4.78, 5) is 6.54. The van der Waals surface area contributed by atoms with Crippen molar-refractivity contribution in [1.29, 1.82) is 0 Å². The van der Waals surface area contributed by atoms with Gasteiger partial charge in [0.1, 0.15) is 5.82 Å². The van der Waals surface area contributed by atoms with Crippen LogP contribution in [0.1, 0.15) is 18.4 Å². The third kappa shape index (κ3) is 6.37. The van der Waals surface area contributed by atoms with Crippen LogP contribution in [0, 0.1) is 12.7 Å². The number of anilines is 1. The normalized spacial score (nSPS) is 15.4. The van der Waals surface area contributed by atoms with Gasteiger partial charge in [-0.25, -0.2) is 4.39 Å². The molecule has 6 nitrogen and oxygen atoms in total. The van der Waals surface area contributed by atoms with Gasteiger partial charge in [-0.2, -0.15) is 5.10 Å². The van der Waals surface area contributed by atoms with Crippen molar-refractivity contribution in [2.24, 2.45) is 4.99 Å². The van der Waals surface area contributed by atoms with Crippen LogP contribution < -0.4 is 15.5 Å². The van der Waals surface area contributed by atoms with E-state index >= 15 is 0 Å². The van der Waals surface area contributed by atoms with E-state index in [1.807, 2.05) is 30.1 Å². The van der Waals surface area contributed by atoms with Crippen molar-refractivity contribution in [3.05, 3.63) is 48.0 Å². The fourth-order valence-corrected chi connectivity index (χ4v) is 3.22. The van der Waals surface area contributed by atoms with Gasteiger partial charge >= 0.3 is 0 Å². The Labute approximate surface area is 177 Å². The van der Waals surface area contributed by atoms with Gasteiger partial charge in [0.15, 0.2) is 5.96 Å². The predicted molar refractivity (Wildman–Crippen MR) is 119 cm³/mol. The average Bonchev–Trinajstić information content (AvgIpc) is 3.06. The van der Waals surface area contributed by atoms with E-state index < -0.39 is 0 Å². The van der Waals surface area contributed by atoms with Crippen molar-refractivity contribution in [1.82, 2.24) is 20.4 Å². The molecule has 0 spiro atoms. The van der Waals surface area contributed by atoms with Gasteiger partial charge in [-0.05, 0) is 43.5 Å². The number of aryl methyl sites for hydroxylation is 1. The Morgan fingerprint density at radius 2 is 2.11 bits per heavy atom. The molecule has 0 bridgehead atoms. The molecule has 1 fully saturated rings. The molecule has 1 saturated heterocycles. The van der Waals surface area contributed by atoms with Crippen LogP contribution in [0.5, 0.6) is 0 Å². The SMILES string of the molecule is CN=C(NCCn1cc(C)cn1)NC1CCN(c2cccc(F)c2)CC1.I. The first-order valence-corrected chi connectivity index (χ1v) is 9.11. The molecule has 1 aliphatic heterocycles. The second-order valence-electron chi connectivity index (χ2n) is 6.67. The van der Waals surface area contributed by atoms with Crippen LogP contribution >= 0.6 is 24.0 Å². The zero-order valence-electron chi connectivity index (χ0n) is 15.9. The molecular weight excluding hydrogens is 458 g/mol. The summed E-state index contributed by atoms with van der Waals surface area (Å²) in [6.45, 7) is 5.42. The Kier molecular flexibility index (Phi) is 8.33. The molecule has 1 aromatic carbocycles. The van der Waals surface area contributed by atoms with Crippen molar-refractivity contribution in [2.75, 3.05) is 31.6 Å². The maximum atomic E-state index is 13.4. The van der Waals surface area contributed by atoms with E-state index in [1.165, 1.54) is 6.07 Å². The Hall–Kier alpha value is -1.84. The monoisotopic (exact) mass is 486 g/mol. The molecule has 2 aromatic rings. The van der Waals surface area contributed by atoms with E-state index in [9.17, 15) is 4.39 Å². The lowest BCUT2D eigenvalue weighted by molar-refractivity contribution is 0.459. The van der Waals surface area contributed by atoms with E-state index in [4.69, 9.17) is 0 Å². The molecule has 0 radical (unpaired) electrons. The Bertz CT molecular complexity index is 739. The van der Waals surface area contributed by atoms with Gasteiger partial charge in [0, 0.05) is 44.6 Å². The third-order valence-electron chi connectivity index (χ3n) is 4.63. The second-order valence-corrected chi connectivity index (χ2v) is 6.67. The van der Waals surface area contributed by atoms with Crippen LogP contribution in [-0.2, 0) is 6.54 Å². The number of guanidine groups is 1. The summed E-state index contributed by atoms with van der Waals surface area (Å²) in [5.41, 5.74) is 2.12. The molecule has 2 N–H and O–H groups in total. The topological polar surface area (TPSA) is 57.5 Å². The van der Waals surface area contributed by atoms with Crippen LogP contribution in [0.3, 0.4) is 0 Å². The standard InChI is InChI=1S/C19H27FN6.HI/c1-15-13-23-26(14-15)11-8-22-19(21-2)24-17-6-9-25(10-7-17)18-5-3-4-16(20)12-18;/h3-5,12-14,17H,6-11H2,1-2H3,(H2,21,22,24);1H. The fourth-order valence-electron chi connectivity index (χ4n) is 3.22. The molecule has 0 amide bonds. The molecule has 3 rings (SSSR count). The fraction of sp³-hybridized carbons (Fsp3) is 0.474. The number of aromatic nitrogens is 2. The summed E-state index contributed by atoms with van der Waals surface area (Å²) in [5.74, 6) is 0.637. The van der Waals surface area contributed by atoms with Gasteiger partial charge in [0.2, 0.25) is 0 Å². The Balaban J connectivity index is 0.00000261. The summed E-state index contributed by atoms with van der Waals surface area (Å²) in [6, 6.07) is 7.19. The van der Waals surface area contributed by atoms with E-state index in [0.717, 1.165) is 56.2 Å². The number of nitrogens with zero attached hydrogens (tertiary/aromatic N) is 4. The minimum absolute atomic E-state index is 0. The molecule has 1 aliphatic rings. The smallest absolute Gasteiger partial charge is 0.191 e. The number of rotatable bonds is 5. The number of piperidine rings is 1. The summed E-state index contributed by atoms with van der Waals surface area (Å²) >= 11 is 0. The lowest BCUT2D eigenvalue weighted by Crippen LogP contribution is -2.49. The Morgan fingerprint density at radius 3 is 2.74 bits per heavy atom. The molecule has 0 aliphatic carbocycles. The molecule has 0 unspecified atom stereocenters. The first-order chi connectivity index (χ1) is 12.6. The Morgan fingerprint density at radius 1 is 1.33 bits per heavy atom. The maximum Gasteiger partial charge on any atom is 0.191 e. The molecule has 148 valence electrons. The average molecular weight is 486 g/mol. The van der Waals surface area contributed by atoms with E-state index in [2.05, 4.69) is 25.6 Å². The number of nitrogens with one attached hydrogen (secondary N) is 2. The minimum Gasteiger partial charge on any atom is -0.371 e. The molecule has 1 aromatic heterocycles. The summed E-state index contributed by atoms with van der Waals surface area (Å²) in [5, 5.41) is 11.1. The zero-order valence-corrected chi connectivity index (χ0v) is 18.2. The van der Waals surface area contributed by atoms with Gasteiger partial charge < -0.3 is 15.5 Å². The third-order valence-corrected chi connectivity index (χ3v) is 4.63. The van der Waals surface area contributed by atoms with Gasteiger partial charge in [-0.15, -0.1) is 24.0 Å². The largest absolute Gasteiger partial charge is 0.371 e. The summed E-state index contributed by atoms with van der Waals surface area (Å²) in [7, 11) is 1.79. The molecule has 0 atom stereocenters. The first kappa shape index (κ1) is 21.5. The molecule has 0 saturated carbocycles. The molecule has 2 heterocycles. The van der Waals surface area contributed by atoms with Crippen LogP contribution in [0.15, 0.2) is 41.7 Å². The van der Waals surface area contributed by atoms with Crippen molar-refractivity contribution in [3.8, 4) is 0 Å². The molecular formula is C19H28FIN6. The van der Waals surface area contributed by atoms with Crippen LogP contribution in [-0.4, -0.2) is 48.5 Å². The predicted octanol–water partition coefficient (Wildman–Crippen LogP) is 2.78. The second kappa shape index (κ2) is 10.5. The highest BCUT2D eigenvalue weighted by Crippen LogP contribution is 2.20. The van der Waals surface area contributed by atoms with Crippen molar-refractivity contribution >= 4 is 35.6 Å². The van der Waals surface area contributed by atoms with Crippen molar-refractivity contribution < 1.29 is 4.39 Å². The number of benzene rings is 1. The quantitative estimate of drug-likeness (QED) is 0.388. The molecule has 8 heteroatoms. The highest BCUT2D eigenvalue weighted by Gasteiger charge is 2.20. The van der Waals surface area contributed by atoms with Crippen LogP contribution in [0.4, 0.5) is 10.1 Å². The summed E-state index contributed by atoms with van der Waals surface area (Å²) < 4.78 is 15.3. The number of halogens is 2. The lowest BCUT2D eigenvalue weighted by atomic mass is 10.0. The first-order valence-electron chi connectivity index (χ1n) is 9.11. The molecule has 27 heavy (non-hydrogen) atoms. The summed E-state index contributed by atoms with van der Waals surface area (Å²) in [6.07, 6.45) is 5.88. The lowest BCUT2D eigenvalue weighted by Gasteiger charge is -2.34. The van der Waals surface area contributed by atoms with Gasteiger partial charge in [-0.1, -0.05) is 6.07 Å². The van der Waals surface area contributed by atoms with Crippen LogP contribution in [0.2, 0.25) is 0 Å². The van der Waals surface area contributed by atoms with Crippen LogP contribution in [0.25, 0.3) is 0 Å². The van der Waals surface area contributed by atoms with Gasteiger partial charge in [-0.3, -0.25) is 9.67 Å². The van der Waals surface area contributed by atoms with Gasteiger partial charge in [0.05, 0.1) is 12.7 Å². The highest BCUT2D eigenvalue weighted by molar-refractivity contribution is 14.0. The number of hydrogen-bond acceptors (Lipinski definition) is 3. The van der Waals surface area contributed by atoms with E-state index in [1.54, 1.807) is 19.2 Å². The number of aliphatic imine (C=N–C) groups is 1. The zero-order chi connectivity index (χ0) is 18.4. The van der Waals surface area contributed by atoms with Crippen molar-refractivity contribution in [3.63, 3.8) is 0 Å². The maximum absolute atomic E-state index is 13.4. The van der Waals surface area contributed by atoms with E-state index in [-0.39, 0.29) is 29.8 Å². The highest BCUT2D eigenvalue weighted by atomic mass is 127. The van der Waals surface area contributed by atoms with Crippen molar-refractivity contribution in [2.45, 2.75) is 32.4 Å². The minimum atomic E-state index is -0.181. The number of hydrogen-bond donors (Lipinski definition) is 2. The van der Waals surface area contributed by atoms with E-state index in [0.29, 0.717) is 6.04 Å². The van der Waals surface area contributed by atoms with Gasteiger partial charge in [0.25, 0.3) is 0 Å².